The van der Waals surface area contributed by atoms with E-state index in [1.54, 1.807) is 43.9 Å². The quantitative estimate of drug-likeness (QED) is 0.800. The zero-order valence-corrected chi connectivity index (χ0v) is 11.4. The first-order chi connectivity index (χ1) is 10.3. The molecule has 3 rings (SSSR count). The number of hydrogen-bond donors (Lipinski definition) is 1. The SMILES string of the molecule is COc1cc(NC(=O)c2ccncc2)c2ncccc2c1. The van der Waals surface area contributed by atoms with Gasteiger partial charge in [0.2, 0.25) is 0 Å². The third-order valence-electron chi connectivity index (χ3n) is 3.10. The smallest absolute Gasteiger partial charge is 0.255 e. The van der Waals surface area contributed by atoms with Gasteiger partial charge in [0.05, 0.1) is 18.3 Å². The Labute approximate surface area is 121 Å². The second-order valence-electron chi connectivity index (χ2n) is 4.44. The number of methoxy groups -OCH3 is 1. The molecule has 0 aliphatic rings. The number of benzene rings is 1. The maximum atomic E-state index is 12.2. The van der Waals surface area contributed by atoms with Gasteiger partial charge in [-0.2, -0.15) is 0 Å². The van der Waals surface area contributed by atoms with Crippen molar-refractivity contribution in [3.63, 3.8) is 0 Å². The molecular weight excluding hydrogens is 266 g/mol. The van der Waals surface area contributed by atoms with E-state index in [1.807, 2.05) is 18.2 Å². The number of aromatic nitrogens is 2. The fraction of sp³-hybridized carbons (Fsp3) is 0.0625. The highest BCUT2D eigenvalue weighted by Gasteiger charge is 2.10. The topological polar surface area (TPSA) is 64.1 Å². The monoisotopic (exact) mass is 279 g/mol. The molecule has 0 saturated heterocycles. The lowest BCUT2D eigenvalue weighted by atomic mass is 10.1. The summed E-state index contributed by atoms with van der Waals surface area (Å²) < 4.78 is 5.26. The molecular formula is C16H13N3O2. The van der Waals surface area contributed by atoms with Crippen LogP contribution in [0.15, 0.2) is 55.0 Å². The van der Waals surface area contributed by atoms with Crippen molar-refractivity contribution in [1.82, 2.24) is 9.97 Å². The Morgan fingerprint density at radius 1 is 1.14 bits per heavy atom. The Bertz CT molecular complexity index is 788. The van der Waals surface area contributed by atoms with E-state index in [9.17, 15) is 4.79 Å². The maximum Gasteiger partial charge on any atom is 0.255 e. The lowest BCUT2D eigenvalue weighted by Crippen LogP contribution is -2.12. The average molecular weight is 279 g/mol. The van der Waals surface area contributed by atoms with Crippen molar-refractivity contribution >= 4 is 22.5 Å². The van der Waals surface area contributed by atoms with Crippen molar-refractivity contribution in [2.75, 3.05) is 12.4 Å². The van der Waals surface area contributed by atoms with Crippen molar-refractivity contribution in [3.05, 3.63) is 60.6 Å². The zero-order valence-electron chi connectivity index (χ0n) is 11.4. The Hall–Kier alpha value is -2.95. The van der Waals surface area contributed by atoms with Crippen LogP contribution in [0.2, 0.25) is 0 Å². The Morgan fingerprint density at radius 3 is 2.71 bits per heavy atom. The summed E-state index contributed by atoms with van der Waals surface area (Å²) in [5.41, 5.74) is 1.88. The molecule has 0 radical (unpaired) electrons. The van der Waals surface area contributed by atoms with E-state index in [4.69, 9.17) is 4.74 Å². The number of rotatable bonds is 3. The molecule has 2 heterocycles. The number of amides is 1. The molecule has 0 aliphatic heterocycles. The fourth-order valence-electron chi connectivity index (χ4n) is 2.08. The van der Waals surface area contributed by atoms with E-state index in [2.05, 4.69) is 15.3 Å². The molecule has 0 saturated carbocycles. The molecule has 0 spiro atoms. The van der Waals surface area contributed by atoms with Crippen LogP contribution in [0.1, 0.15) is 10.4 Å². The molecule has 5 heteroatoms. The Kier molecular flexibility index (Phi) is 3.47. The minimum atomic E-state index is -0.211. The molecule has 21 heavy (non-hydrogen) atoms. The largest absolute Gasteiger partial charge is 0.497 e. The summed E-state index contributed by atoms with van der Waals surface area (Å²) in [5, 5.41) is 3.77. The molecule has 3 aromatic rings. The van der Waals surface area contributed by atoms with Crippen molar-refractivity contribution in [1.29, 1.82) is 0 Å². The van der Waals surface area contributed by atoms with Crippen LogP contribution in [0.3, 0.4) is 0 Å². The summed E-state index contributed by atoms with van der Waals surface area (Å²) in [7, 11) is 1.59. The van der Waals surface area contributed by atoms with Crippen LogP contribution in [-0.2, 0) is 0 Å². The number of carbonyl (C=O) groups is 1. The van der Waals surface area contributed by atoms with Gasteiger partial charge in [0.1, 0.15) is 5.75 Å². The molecule has 0 aliphatic carbocycles. The van der Waals surface area contributed by atoms with Crippen molar-refractivity contribution < 1.29 is 9.53 Å². The highest BCUT2D eigenvalue weighted by molar-refractivity contribution is 6.08. The van der Waals surface area contributed by atoms with Crippen LogP contribution in [0.4, 0.5) is 5.69 Å². The summed E-state index contributed by atoms with van der Waals surface area (Å²) in [4.78, 5) is 20.5. The molecule has 0 atom stereocenters. The summed E-state index contributed by atoms with van der Waals surface area (Å²) >= 11 is 0. The van der Waals surface area contributed by atoms with Crippen LogP contribution >= 0.6 is 0 Å². The molecule has 1 aromatic carbocycles. The Morgan fingerprint density at radius 2 is 1.95 bits per heavy atom. The van der Waals surface area contributed by atoms with Gasteiger partial charge in [0.25, 0.3) is 5.91 Å². The van der Waals surface area contributed by atoms with Gasteiger partial charge < -0.3 is 10.1 Å². The van der Waals surface area contributed by atoms with E-state index < -0.39 is 0 Å². The van der Waals surface area contributed by atoms with E-state index in [-0.39, 0.29) is 5.91 Å². The minimum Gasteiger partial charge on any atom is -0.497 e. The van der Waals surface area contributed by atoms with E-state index in [0.717, 1.165) is 10.9 Å². The van der Waals surface area contributed by atoms with Crippen molar-refractivity contribution in [2.45, 2.75) is 0 Å². The first-order valence-corrected chi connectivity index (χ1v) is 6.42. The van der Waals surface area contributed by atoms with Crippen LogP contribution in [-0.4, -0.2) is 23.0 Å². The highest BCUT2D eigenvalue weighted by atomic mass is 16.5. The molecule has 0 unspecified atom stereocenters. The van der Waals surface area contributed by atoms with Crippen LogP contribution in [0.25, 0.3) is 10.9 Å². The maximum absolute atomic E-state index is 12.2. The first-order valence-electron chi connectivity index (χ1n) is 6.42. The van der Waals surface area contributed by atoms with Crippen molar-refractivity contribution in [3.8, 4) is 5.75 Å². The lowest BCUT2D eigenvalue weighted by Gasteiger charge is -2.10. The predicted molar refractivity (Wildman–Crippen MR) is 80.5 cm³/mol. The van der Waals surface area contributed by atoms with Crippen LogP contribution < -0.4 is 10.1 Å². The van der Waals surface area contributed by atoms with Crippen LogP contribution in [0, 0.1) is 0 Å². The number of hydrogen-bond acceptors (Lipinski definition) is 4. The summed E-state index contributed by atoms with van der Waals surface area (Å²) in [6, 6.07) is 10.7. The van der Waals surface area contributed by atoms with Crippen molar-refractivity contribution in [2.24, 2.45) is 0 Å². The number of nitrogens with zero attached hydrogens (tertiary/aromatic N) is 2. The standard InChI is InChI=1S/C16H13N3O2/c1-21-13-9-12-3-2-6-18-15(12)14(10-13)19-16(20)11-4-7-17-8-5-11/h2-10H,1H3,(H,19,20). The highest BCUT2D eigenvalue weighted by Crippen LogP contribution is 2.27. The van der Waals surface area contributed by atoms with Gasteiger partial charge in [0, 0.05) is 35.6 Å². The number of fused-ring (bicyclic) bond motifs is 1. The van der Waals surface area contributed by atoms with E-state index >= 15 is 0 Å². The van der Waals surface area contributed by atoms with Crippen LogP contribution in [0.5, 0.6) is 5.75 Å². The summed E-state index contributed by atoms with van der Waals surface area (Å²) in [5.74, 6) is 0.457. The number of pyridine rings is 2. The summed E-state index contributed by atoms with van der Waals surface area (Å²) in [6.45, 7) is 0. The first kappa shape index (κ1) is 13.1. The van der Waals surface area contributed by atoms with Gasteiger partial charge >= 0.3 is 0 Å². The van der Waals surface area contributed by atoms with Gasteiger partial charge in [0.15, 0.2) is 0 Å². The van der Waals surface area contributed by atoms with E-state index in [0.29, 0.717) is 17.0 Å². The zero-order chi connectivity index (χ0) is 14.7. The Balaban J connectivity index is 2.02. The number of nitrogens with one attached hydrogen (secondary N) is 1. The molecule has 0 bridgehead atoms. The molecule has 0 fully saturated rings. The normalized spacial score (nSPS) is 10.3. The number of ether oxygens (including phenoxy) is 1. The second-order valence-corrected chi connectivity index (χ2v) is 4.44. The van der Waals surface area contributed by atoms with Gasteiger partial charge in [-0.25, -0.2) is 0 Å². The second kappa shape index (κ2) is 5.58. The molecule has 5 nitrogen and oxygen atoms in total. The predicted octanol–water partition coefficient (Wildman–Crippen LogP) is 2.89. The third kappa shape index (κ3) is 2.67. The molecule has 1 N–H and O–H groups in total. The van der Waals surface area contributed by atoms with Gasteiger partial charge in [-0.05, 0) is 24.3 Å². The minimum absolute atomic E-state index is 0.211. The van der Waals surface area contributed by atoms with E-state index in [1.165, 1.54) is 0 Å². The number of carbonyl (C=O) groups excluding carboxylic acids is 1. The summed E-state index contributed by atoms with van der Waals surface area (Å²) in [6.07, 6.45) is 4.85. The van der Waals surface area contributed by atoms with Gasteiger partial charge in [-0.15, -0.1) is 0 Å². The molecule has 2 aromatic heterocycles. The number of anilines is 1. The fourth-order valence-corrected chi connectivity index (χ4v) is 2.08. The molecule has 1 amide bonds. The van der Waals surface area contributed by atoms with Gasteiger partial charge in [-0.3, -0.25) is 14.8 Å². The van der Waals surface area contributed by atoms with Gasteiger partial charge in [-0.1, -0.05) is 6.07 Å². The molecule has 104 valence electrons. The lowest BCUT2D eigenvalue weighted by molar-refractivity contribution is 0.102. The average Bonchev–Trinajstić information content (AvgIpc) is 2.55. The third-order valence-corrected chi connectivity index (χ3v) is 3.10.